The zero-order chi connectivity index (χ0) is 37.2. The lowest BCUT2D eigenvalue weighted by molar-refractivity contribution is -0.139. The van der Waals surface area contributed by atoms with Gasteiger partial charge in [0, 0.05) is 23.3 Å². The van der Waals surface area contributed by atoms with Gasteiger partial charge in [-0.25, -0.2) is 4.79 Å². The van der Waals surface area contributed by atoms with Crippen molar-refractivity contribution in [2.45, 2.75) is 220 Å². The van der Waals surface area contributed by atoms with Crippen LogP contribution in [-0.4, -0.2) is 53.8 Å². The van der Waals surface area contributed by atoms with E-state index in [1.54, 1.807) is 20.8 Å². The van der Waals surface area contributed by atoms with Crippen molar-refractivity contribution in [1.29, 1.82) is 0 Å². The highest BCUT2D eigenvalue weighted by molar-refractivity contribution is 5.90. The molecule has 0 aliphatic carbocycles. The molecule has 0 spiro atoms. The van der Waals surface area contributed by atoms with E-state index in [0.717, 1.165) is 108 Å². The lowest BCUT2D eigenvalue weighted by atomic mass is 9.87. The fourth-order valence-electron chi connectivity index (χ4n) is 8.87. The summed E-state index contributed by atoms with van der Waals surface area (Å²) in [6.45, 7) is 11.5. The topological polar surface area (TPSA) is 96.0 Å². The van der Waals surface area contributed by atoms with Crippen molar-refractivity contribution in [2.75, 3.05) is 0 Å². The predicted molar refractivity (Wildman–Crippen MR) is 205 cm³/mol. The Balaban J connectivity index is 1.32. The van der Waals surface area contributed by atoms with Gasteiger partial charge in [-0.3, -0.25) is 14.4 Å². The summed E-state index contributed by atoms with van der Waals surface area (Å²) in [6.07, 6.45) is 25.9. The molecule has 0 bridgehead atoms. The molecular weight excluding hydrogens is 640 g/mol. The van der Waals surface area contributed by atoms with Crippen molar-refractivity contribution >= 4 is 23.3 Å². The average molecular weight is 715 g/mol. The van der Waals surface area contributed by atoms with Crippen LogP contribution < -0.4 is 0 Å². The van der Waals surface area contributed by atoms with Crippen molar-refractivity contribution in [1.82, 2.24) is 0 Å². The molecule has 0 aromatic carbocycles. The summed E-state index contributed by atoms with van der Waals surface area (Å²) >= 11 is 0. The number of esters is 1. The molecule has 2 saturated heterocycles. The minimum atomic E-state index is -0.162. The number of unbranched alkanes of at least 4 members (excludes halogenated alkanes) is 9. The highest BCUT2D eigenvalue weighted by Gasteiger charge is 2.42. The lowest BCUT2D eigenvalue weighted by Crippen LogP contribution is -2.33. The third-order valence-corrected chi connectivity index (χ3v) is 12.2. The Hall–Kier alpha value is -1.86. The molecule has 9 atom stereocenters. The summed E-state index contributed by atoms with van der Waals surface area (Å²) in [5.41, 5.74) is 0.817. The first-order valence-corrected chi connectivity index (χ1v) is 21.2. The fourth-order valence-corrected chi connectivity index (χ4v) is 8.87. The van der Waals surface area contributed by atoms with Gasteiger partial charge in [0.05, 0.1) is 24.4 Å². The molecule has 0 aromatic heterocycles. The smallest absolute Gasteiger partial charge is 0.334 e. The van der Waals surface area contributed by atoms with Gasteiger partial charge in [-0.05, 0) is 104 Å². The van der Waals surface area contributed by atoms with Gasteiger partial charge in [0.15, 0.2) is 0 Å². The number of ether oxygens (including phenoxy) is 3. The van der Waals surface area contributed by atoms with Crippen molar-refractivity contribution in [3.05, 3.63) is 11.6 Å². The van der Waals surface area contributed by atoms with Gasteiger partial charge in [-0.1, -0.05) is 97.3 Å². The van der Waals surface area contributed by atoms with Gasteiger partial charge in [-0.15, -0.1) is 0 Å². The van der Waals surface area contributed by atoms with Crippen molar-refractivity contribution < 1.29 is 33.4 Å². The molecule has 3 heterocycles. The first-order chi connectivity index (χ1) is 24.5. The van der Waals surface area contributed by atoms with E-state index < -0.39 is 0 Å². The van der Waals surface area contributed by atoms with E-state index in [9.17, 15) is 19.2 Å². The van der Waals surface area contributed by atoms with Gasteiger partial charge >= 0.3 is 5.97 Å². The van der Waals surface area contributed by atoms with E-state index in [1.165, 1.54) is 44.9 Å². The summed E-state index contributed by atoms with van der Waals surface area (Å²) in [7, 11) is 0. The zero-order valence-corrected chi connectivity index (χ0v) is 33.4. The monoisotopic (exact) mass is 715 g/mol. The molecule has 7 nitrogen and oxygen atoms in total. The molecule has 0 radical (unpaired) electrons. The first-order valence-electron chi connectivity index (χ1n) is 21.2. The number of rotatable bonds is 28. The van der Waals surface area contributed by atoms with E-state index in [2.05, 4.69) is 13.8 Å². The lowest BCUT2D eigenvalue weighted by Gasteiger charge is -2.26. The van der Waals surface area contributed by atoms with Crippen LogP contribution in [0, 0.1) is 23.7 Å². The minimum Gasteiger partial charge on any atom is -0.455 e. The summed E-state index contributed by atoms with van der Waals surface area (Å²) in [4.78, 5) is 49.7. The van der Waals surface area contributed by atoms with Crippen molar-refractivity contribution in [3.8, 4) is 0 Å². The van der Waals surface area contributed by atoms with Crippen molar-refractivity contribution in [2.24, 2.45) is 23.7 Å². The Morgan fingerprint density at radius 2 is 1.12 bits per heavy atom. The Morgan fingerprint density at radius 3 is 1.59 bits per heavy atom. The minimum absolute atomic E-state index is 0.00222. The molecule has 0 N–H and O–H groups in total. The SMILES string of the molecule is CCCCCCCCCC[C@@H](C(C)=O)[C@H]1CC[C@H]([C@H]2CC[C@H]([C@@H](CCCC[C@H](CCCC[C@@H](C)CCC3=C[C@H](C)OC3=O)C(C)=O)C(C)=O)O2)O1. The summed E-state index contributed by atoms with van der Waals surface area (Å²) in [5.74, 6) is 1.05. The van der Waals surface area contributed by atoms with Crippen LogP contribution in [0.2, 0.25) is 0 Å². The Morgan fingerprint density at radius 1 is 0.647 bits per heavy atom. The summed E-state index contributed by atoms with van der Waals surface area (Å²) < 4.78 is 18.3. The van der Waals surface area contributed by atoms with Gasteiger partial charge in [0.2, 0.25) is 0 Å². The van der Waals surface area contributed by atoms with E-state index in [0.29, 0.717) is 5.92 Å². The van der Waals surface area contributed by atoms with Gasteiger partial charge in [0.25, 0.3) is 0 Å². The average Bonchev–Trinajstić information content (AvgIpc) is 3.83. The third-order valence-electron chi connectivity index (χ3n) is 12.2. The largest absolute Gasteiger partial charge is 0.455 e. The van der Waals surface area contributed by atoms with Crippen LogP contribution in [0.1, 0.15) is 189 Å². The Bertz CT molecular complexity index is 1100. The van der Waals surface area contributed by atoms with Gasteiger partial charge in [-0.2, -0.15) is 0 Å². The van der Waals surface area contributed by atoms with Gasteiger partial charge < -0.3 is 14.2 Å². The van der Waals surface area contributed by atoms with Crippen LogP contribution >= 0.6 is 0 Å². The van der Waals surface area contributed by atoms with E-state index in [1.807, 2.05) is 13.0 Å². The molecule has 292 valence electrons. The van der Waals surface area contributed by atoms with Crippen LogP contribution in [0.3, 0.4) is 0 Å². The zero-order valence-electron chi connectivity index (χ0n) is 33.4. The molecule has 3 aliphatic rings. The molecule has 0 amide bonds. The number of cyclic esters (lactones) is 1. The number of carbonyl (C=O) groups excluding carboxylic acids is 4. The highest BCUT2D eigenvalue weighted by atomic mass is 16.6. The molecule has 3 rings (SSSR count). The maximum Gasteiger partial charge on any atom is 0.334 e. The van der Waals surface area contributed by atoms with E-state index in [-0.39, 0.29) is 71.6 Å². The van der Waals surface area contributed by atoms with Crippen LogP contribution in [-0.2, 0) is 33.4 Å². The molecule has 0 saturated carbocycles. The van der Waals surface area contributed by atoms with Gasteiger partial charge in [0.1, 0.15) is 23.5 Å². The number of hydrogen-bond acceptors (Lipinski definition) is 7. The van der Waals surface area contributed by atoms with Crippen LogP contribution in [0.15, 0.2) is 11.6 Å². The second-order valence-corrected chi connectivity index (χ2v) is 16.6. The third kappa shape index (κ3) is 15.6. The van der Waals surface area contributed by atoms with Crippen LogP contribution in [0.5, 0.6) is 0 Å². The normalized spacial score (nSPS) is 25.7. The summed E-state index contributed by atoms with van der Waals surface area (Å²) in [6, 6.07) is 0. The molecule has 3 aliphatic heterocycles. The number of Topliss-reactive ketones (excluding diaryl/α,β-unsaturated/α-hetero) is 3. The molecule has 7 heteroatoms. The fraction of sp³-hybridized carbons (Fsp3) is 0.864. The molecule has 0 unspecified atom stereocenters. The van der Waals surface area contributed by atoms with E-state index >= 15 is 0 Å². The molecule has 2 fully saturated rings. The molecule has 51 heavy (non-hydrogen) atoms. The first kappa shape index (κ1) is 43.5. The van der Waals surface area contributed by atoms with Crippen LogP contribution in [0.25, 0.3) is 0 Å². The molecule has 0 aromatic rings. The van der Waals surface area contributed by atoms with Crippen molar-refractivity contribution in [3.63, 3.8) is 0 Å². The second kappa shape index (κ2) is 23.7. The quantitative estimate of drug-likeness (QED) is 0.0588. The number of ketones is 3. The standard InChI is InChI=1S/C44H74O7/c1-7-8-9-10-11-12-13-14-22-38(34(5)46)40-26-28-42(50-40)43-29-27-41(51-43)39(35(6)47)23-18-17-21-36(33(4)45)20-16-15-19-31(2)24-25-37-30-32(3)49-44(37)48/h30-32,36,38-43H,7-29H2,1-6H3/t31-,32+,36+,38+,39+,40-,41-,42-,43-/m1/s1. The van der Waals surface area contributed by atoms with E-state index in [4.69, 9.17) is 14.2 Å². The molecular formula is C44H74O7. The predicted octanol–water partition coefficient (Wildman–Crippen LogP) is 10.6. The highest BCUT2D eigenvalue weighted by Crippen LogP contribution is 2.38. The second-order valence-electron chi connectivity index (χ2n) is 16.6. The Kier molecular flexibility index (Phi) is 20.3. The maximum atomic E-state index is 12.8. The number of hydrogen-bond donors (Lipinski definition) is 0. The number of carbonyl (C=O) groups is 4. The Labute approximate surface area is 311 Å². The van der Waals surface area contributed by atoms with Crippen LogP contribution in [0.4, 0.5) is 0 Å². The maximum absolute atomic E-state index is 12.8. The summed E-state index contributed by atoms with van der Waals surface area (Å²) in [5, 5.41) is 0.